The molecular weight excluding hydrogens is 421 g/mol. The minimum atomic E-state index is 0. The van der Waals surface area contributed by atoms with Gasteiger partial charge in [0, 0.05) is 37.1 Å². The van der Waals surface area contributed by atoms with Crippen molar-refractivity contribution < 1.29 is 9.47 Å². The van der Waals surface area contributed by atoms with Crippen LogP contribution in [0.3, 0.4) is 0 Å². The van der Waals surface area contributed by atoms with E-state index in [4.69, 9.17) is 9.47 Å². The molecule has 0 spiro atoms. The Morgan fingerprint density at radius 2 is 2.00 bits per heavy atom. The number of hydrogen-bond donors (Lipinski definition) is 2. The van der Waals surface area contributed by atoms with Crippen LogP contribution in [0.1, 0.15) is 12.5 Å². The second kappa shape index (κ2) is 10.0. The standard InChI is InChI=1S/C16H23N5O2.HI/c1-5-17-16(18-9-12-10-19-21(2)11-12)20-13-6-7-14(22-3)15(8-13)23-4;/h6-8,10-11H,5,9H2,1-4H3,(H2,17,18,20);1H. The van der Waals surface area contributed by atoms with Gasteiger partial charge >= 0.3 is 0 Å². The fourth-order valence-electron chi connectivity index (χ4n) is 2.08. The normalized spacial score (nSPS) is 10.8. The number of nitrogens with zero attached hydrogens (tertiary/aromatic N) is 3. The maximum atomic E-state index is 5.31. The molecule has 1 aromatic carbocycles. The molecule has 2 N–H and O–H groups in total. The largest absolute Gasteiger partial charge is 0.493 e. The number of ether oxygens (including phenoxy) is 2. The first-order chi connectivity index (χ1) is 11.2. The molecule has 0 aliphatic rings. The van der Waals surface area contributed by atoms with Gasteiger partial charge in [0.1, 0.15) is 0 Å². The van der Waals surface area contributed by atoms with Crippen LogP contribution in [0.2, 0.25) is 0 Å². The van der Waals surface area contributed by atoms with Gasteiger partial charge < -0.3 is 20.1 Å². The van der Waals surface area contributed by atoms with E-state index in [9.17, 15) is 0 Å². The average molecular weight is 445 g/mol. The van der Waals surface area contributed by atoms with Crippen LogP contribution < -0.4 is 20.1 Å². The molecule has 1 heterocycles. The number of rotatable bonds is 6. The van der Waals surface area contributed by atoms with Crippen LogP contribution in [0.25, 0.3) is 0 Å². The molecule has 0 aliphatic carbocycles. The molecule has 0 saturated heterocycles. The summed E-state index contributed by atoms with van der Waals surface area (Å²) in [6, 6.07) is 5.64. The van der Waals surface area contributed by atoms with E-state index >= 15 is 0 Å². The number of aromatic nitrogens is 2. The Bertz CT molecular complexity index is 672. The summed E-state index contributed by atoms with van der Waals surface area (Å²) in [6.07, 6.45) is 3.76. The maximum absolute atomic E-state index is 5.31. The summed E-state index contributed by atoms with van der Waals surface area (Å²) < 4.78 is 12.3. The molecule has 0 atom stereocenters. The van der Waals surface area contributed by atoms with Crippen LogP contribution in [-0.2, 0) is 13.6 Å². The zero-order chi connectivity index (χ0) is 16.7. The lowest BCUT2D eigenvalue weighted by Crippen LogP contribution is -2.30. The number of guanidine groups is 1. The topological polar surface area (TPSA) is 72.7 Å². The van der Waals surface area contributed by atoms with Gasteiger partial charge in [0.15, 0.2) is 17.5 Å². The van der Waals surface area contributed by atoms with Crippen molar-refractivity contribution in [2.45, 2.75) is 13.5 Å². The Hall–Kier alpha value is -1.97. The second-order valence-corrected chi connectivity index (χ2v) is 4.91. The predicted molar refractivity (Wildman–Crippen MR) is 107 cm³/mol. The minimum Gasteiger partial charge on any atom is -0.493 e. The molecule has 8 heteroatoms. The molecule has 0 bridgehead atoms. The highest BCUT2D eigenvalue weighted by molar-refractivity contribution is 14.0. The van der Waals surface area contributed by atoms with Crippen molar-refractivity contribution in [2.75, 3.05) is 26.1 Å². The van der Waals surface area contributed by atoms with Crippen LogP contribution in [-0.4, -0.2) is 36.5 Å². The molecule has 0 fully saturated rings. The molecule has 0 radical (unpaired) electrons. The monoisotopic (exact) mass is 445 g/mol. The van der Waals surface area contributed by atoms with Gasteiger partial charge in [-0.1, -0.05) is 0 Å². The van der Waals surface area contributed by atoms with E-state index < -0.39 is 0 Å². The van der Waals surface area contributed by atoms with Gasteiger partial charge in [0.25, 0.3) is 0 Å². The first-order valence-corrected chi connectivity index (χ1v) is 7.41. The van der Waals surface area contributed by atoms with Crippen LogP contribution in [0, 0.1) is 0 Å². The number of aryl methyl sites for hydroxylation is 1. The zero-order valence-electron chi connectivity index (χ0n) is 14.4. The molecule has 132 valence electrons. The van der Waals surface area contributed by atoms with Gasteiger partial charge in [-0.3, -0.25) is 4.68 Å². The van der Waals surface area contributed by atoms with E-state index in [1.165, 1.54) is 0 Å². The van der Waals surface area contributed by atoms with E-state index in [1.807, 2.05) is 44.6 Å². The molecule has 0 amide bonds. The molecule has 2 rings (SSSR count). The Balaban J connectivity index is 0.00000288. The van der Waals surface area contributed by atoms with Gasteiger partial charge in [-0.15, -0.1) is 24.0 Å². The highest BCUT2D eigenvalue weighted by Crippen LogP contribution is 2.29. The van der Waals surface area contributed by atoms with Crippen molar-refractivity contribution in [3.63, 3.8) is 0 Å². The lowest BCUT2D eigenvalue weighted by molar-refractivity contribution is 0.355. The number of aliphatic imine (C=N–C) groups is 1. The Labute approximate surface area is 159 Å². The minimum absolute atomic E-state index is 0. The van der Waals surface area contributed by atoms with Gasteiger partial charge in [-0.2, -0.15) is 5.10 Å². The molecule has 0 unspecified atom stereocenters. The first-order valence-electron chi connectivity index (χ1n) is 7.41. The molecule has 0 aliphatic heterocycles. The molecule has 7 nitrogen and oxygen atoms in total. The lowest BCUT2D eigenvalue weighted by Gasteiger charge is -2.13. The fourth-order valence-corrected chi connectivity index (χ4v) is 2.08. The van der Waals surface area contributed by atoms with Gasteiger partial charge in [0.05, 0.1) is 27.0 Å². The van der Waals surface area contributed by atoms with Crippen molar-refractivity contribution in [2.24, 2.45) is 12.0 Å². The van der Waals surface area contributed by atoms with Crippen molar-refractivity contribution in [3.8, 4) is 11.5 Å². The Morgan fingerprint density at radius 1 is 1.25 bits per heavy atom. The Morgan fingerprint density at radius 3 is 2.58 bits per heavy atom. The summed E-state index contributed by atoms with van der Waals surface area (Å²) in [7, 11) is 5.12. The highest BCUT2D eigenvalue weighted by atomic mass is 127. The van der Waals surface area contributed by atoms with Gasteiger partial charge in [-0.25, -0.2) is 4.99 Å². The van der Waals surface area contributed by atoms with Crippen LogP contribution >= 0.6 is 24.0 Å². The SMILES string of the molecule is CCNC(=NCc1cnn(C)c1)Nc1ccc(OC)c(OC)c1.I. The fraction of sp³-hybridized carbons (Fsp3) is 0.375. The van der Waals surface area contributed by atoms with Crippen LogP contribution in [0.5, 0.6) is 11.5 Å². The first kappa shape index (κ1) is 20.1. The summed E-state index contributed by atoms with van der Waals surface area (Å²) in [4.78, 5) is 4.56. The van der Waals surface area contributed by atoms with Crippen molar-refractivity contribution >= 4 is 35.6 Å². The quantitative estimate of drug-likeness (QED) is 0.407. The number of anilines is 1. The third-order valence-electron chi connectivity index (χ3n) is 3.17. The van der Waals surface area contributed by atoms with E-state index in [0.717, 1.165) is 17.8 Å². The molecular formula is C16H24IN5O2. The number of halogens is 1. The Kier molecular flexibility index (Phi) is 8.37. The van der Waals surface area contributed by atoms with Crippen molar-refractivity contribution in [1.82, 2.24) is 15.1 Å². The second-order valence-electron chi connectivity index (χ2n) is 4.91. The van der Waals surface area contributed by atoms with Gasteiger partial charge in [0.2, 0.25) is 0 Å². The van der Waals surface area contributed by atoms with E-state index in [1.54, 1.807) is 18.9 Å². The predicted octanol–water partition coefficient (Wildman–Crippen LogP) is 2.63. The number of benzene rings is 1. The summed E-state index contributed by atoms with van der Waals surface area (Å²) >= 11 is 0. The third-order valence-corrected chi connectivity index (χ3v) is 3.17. The van der Waals surface area contributed by atoms with E-state index in [-0.39, 0.29) is 24.0 Å². The average Bonchev–Trinajstić information content (AvgIpc) is 2.98. The number of hydrogen-bond acceptors (Lipinski definition) is 4. The number of methoxy groups -OCH3 is 2. The maximum Gasteiger partial charge on any atom is 0.196 e. The lowest BCUT2D eigenvalue weighted by atomic mass is 10.2. The van der Waals surface area contributed by atoms with Gasteiger partial charge in [-0.05, 0) is 19.1 Å². The summed E-state index contributed by atoms with van der Waals surface area (Å²) in [6.45, 7) is 3.35. The van der Waals surface area contributed by atoms with Crippen molar-refractivity contribution in [1.29, 1.82) is 0 Å². The smallest absolute Gasteiger partial charge is 0.196 e. The summed E-state index contributed by atoms with van der Waals surface area (Å²) in [5.41, 5.74) is 1.92. The van der Waals surface area contributed by atoms with Crippen LogP contribution in [0.4, 0.5) is 5.69 Å². The zero-order valence-corrected chi connectivity index (χ0v) is 16.7. The summed E-state index contributed by atoms with van der Waals surface area (Å²) in [5.74, 6) is 2.06. The molecule has 0 saturated carbocycles. The summed E-state index contributed by atoms with van der Waals surface area (Å²) in [5, 5.41) is 10.6. The highest BCUT2D eigenvalue weighted by Gasteiger charge is 2.06. The third kappa shape index (κ3) is 5.59. The molecule has 2 aromatic rings. The number of nitrogens with one attached hydrogen (secondary N) is 2. The van der Waals surface area contributed by atoms with E-state index in [2.05, 4.69) is 20.7 Å². The van der Waals surface area contributed by atoms with E-state index in [0.29, 0.717) is 24.0 Å². The molecule has 24 heavy (non-hydrogen) atoms. The van der Waals surface area contributed by atoms with Crippen LogP contribution in [0.15, 0.2) is 35.6 Å². The van der Waals surface area contributed by atoms with Crippen molar-refractivity contribution in [3.05, 3.63) is 36.2 Å². The molecule has 1 aromatic heterocycles.